The smallest absolute Gasteiger partial charge is 0.261 e. The Morgan fingerprint density at radius 1 is 1.20 bits per heavy atom. The minimum absolute atomic E-state index is 0.00167. The van der Waals surface area contributed by atoms with Crippen LogP contribution in [0.15, 0.2) is 42.6 Å². The number of pyridine rings is 1. The molecule has 0 radical (unpaired) electrons. The Bertz CT molecular complexity index is 1270. The zero-order valence-electron chi connectivity index (χ0n) is 15.8. The lowest BCUT2D eigenvalue weighted by Gasteiger charge is -2.16. The van der Waals surface area contributed by atoms with Crippen molar-refractivity contribution in [1.29, 1.82) is 0 Å². The van der Waals surface area contributed by atoms with Gasteiger partial charge in [0.05, 0.1) is 11.9 Å². The highest BCUT2D eigenvalue weighted by Crippen LogP contribution is 2.29. The first-order chi connectivity index (χ1) is 14.3. The van der Waals surface area contributed by atoms with Gasteiger partial charge in [0.15, 0.2) is 17.2 Å². The first-order valence-electron chi connectivity index (χ1n) is 8.84. The van der Waals surface area contributed by atoms with Gasteiger partial charge in [0.1, 0.15) is 11.5 Å². The Morgan fingerprint density at radius 3 is 2.67 bits per heavy atom. The maximum atomic E-state index is 14.5. The maximum Gasteiger partial charge on any atom is 0.261 e. The van der Waals surface area contributed by atoms with Crippen LogP contribution in [0.4, 0.5) is 14.6 Å². The molecular weight excluding hydrogens is 394 g/mol. The number of anilines is 1. The summed E-state index contributed by atoms with van der Waals surface area (Å²) in [7, 11) is 0. The highest BCUT2D eigenvalue weighted by Gasteiger charge is 2.38. The van der Waals surface area contributed by atoms with Gasteiger partial charge in [-0.2, -0.15) is 5.10 Å². The third-order valence-corrected chi connectivity index (χ3v) is 4.62. The van der Waals surface area contributed by atoms with Crippen molar-refractivity contribution in [2.45, 2.75) is 19.1 Å². The molecule has 4 aromatic rings. The molecule has 30 heavy (non-hydrogen) atoms. The number of fused-ring (bicyclic) bond motifs is 1. The second-order valence-electron chi connectivity index (χ2n) is 6.71. The number of benzene rings is 1. The monoisotopic (exact) mass is 410 g/mol. The van der Waals surface area contributed by atoms with Crippen molar-refractivity contribution in [3.8, 4) is 11.5 Å². The molecule has 4 N–H and O–H groups in total. The first-order valence-corrected chi connectivity index (χ1v) is 8.84. The highest BCUT2D eigenvalue weighted by atomic mass is 19.1. The molecule has 3 aromatic heterocycles. The van der Waals surface area contributed by atoms with E-state index in [1.54, 1.807) is 36.5 Å². The van der Waals surface area contributed by atoms with Crippen LogP contribution in [-0.2, 0) is 17.0 Å². The van der Waals surface area contributed by atoms with Crippen molar-refractivity contribution in [3.63, 3.8) is 0 Å². The second-order valence-corrected chi connectivity index (χ2v) is 6.71. The maximum absolute atomic E-state index is 14.5. The average molecular weight is 410 g/mol. The van der Waals surface area contributed by atoms with Crippen LogP contribution in [0.2, 0.25) is 0 Å². The van der Waals surface area contributed by atoms with Crippen LogP contribution in [0.5, 0.6) is 0 Å². The van der Waals surface area contributed by atoms with Crippen LogP contribution in [0, 0.1) is 5.82 Å². The fourth-order valence-corrected chi connectivity index (χ4v) is 2.96. The third-order valence-electron chi connectivity index (χ3n) is 4.62. The number of alkyl halides is 1. The molecule has 4 rings (SSSR count). The predicted octanol–water partition coefficient (Wildman–Crippen LogP) is 1.72. The molecule has 1 amide bonds. The number of nitrogen functional groups attached to an aromatic ring is 1. The number of halogens is 2. The number of hydrogen-bond donors (Lipinski definition) is 2. The van der Waals surface area contributed by atoms with Crippen molar-refractivity contribution < 1.29 is 13.6 Å². The van der Waals surface area contributed by atoms with E-state index in [4.69, 9.17) is 11.5 Å². The summed E-state index contributed by atoms with van der Waals surface area (Å²) in [6.07, 6.45) is 1.57. The van der Waals surface area contributed by atoms with Crippen molar-refractivity contribution >= 4 is 22.8 Å². The Morgan fingerprint density at radius 2 is 1.97 bits per heavy atom. The van der Waals surface area contributed by atoms with Crippen molar-refractivity contribution in [2.24, 2.45) is 5.73 Å². The number of carbonyl (C=O) groups excluding carboxylic acids is 1. The molecule has 0 aliphatic rings. The summed E-state index contributed by atoms with van der Waals surface area (Å²) in [5.41, 5.74) is 8.94. The minimum atomic E-state index is -2.63. The Labute approximate surface area is 168 Å². The molecule has 0 fully saturated rings. The topological polar surface area (TPSA) is 138 Å². The van der Waals surface area contributed by atoms with Crippen LogP contribution >= 0.6 is 0 Å². The molecule has 9 nitrogen and oxygen atoms in total. The number of hydrogen-bond acceptors (Lipinski definition) is 7. The molecule has 0 aliphatic carbocycles. The van der Waals surface area contributed by atoms with E-state index >= 15 is 0 Å². The van der Waals surface area contributed by atoms with E-state index in [2.05, 4.69) is 25.3 Å². The minimum Gasteiger partial charge on any atom is -0.382 e. The molecule has 11 heteroatoms. The molecule has 1 unspecified atom stereocenters. The van der Waals surface area contributed by atoms with Gasteiger partial charge in [0, 0.05) is 11.8 Å². The molecule has 0 saturated heterocycles. The van der Waals surface area contributed by atoms with E-state index in [1.165, 1.54) is 10.7 Å². The van der Waals surface area contributed by atoms with Crippen LogP contribution < -0.4 is 11.5 Å². The summed E-state index contributed by atoms with van der Waals surface area (Å²) in [6, 6.07) is 9.74. The van der Waals surface area contributed by atoms with E-state index in [9.17, 15) is 13.6 Å². The van der Waals surface area contributed by atoms with Gasteiger partial charge in [-0.25, -0.2) is 23.4 Å². The fourth-order valence-electron chi connectivity index (χ4n) is 2.96. The fraction of sp³-hybridized carbons (Fsp3) is 0.158. The van der Waals surface area contributed by atoms with Crippen molar-refractivity contribution in [1.82, 2.24) is 29.9 Å². The molecule has 152 valence electrons. The summed E-state index contributed by atoms with van der Waals surface area (Å²) in [5.74, 6) is -1.98. The van der Waals surface area contributed by atoms with Gasteiger partial charge in [-0.1, -0.05) is 18.2 Å². The van der Waals surface area contributed by atoms with E-state index in [0.717, 1.165) is 6.92 Å². The van der Waals surface area contributed by atoms with E-state index < -0.39 is 17.3 Å². The quantitative estimate of drug-likeness (QED) is 0.511. The summed E-state index contributed by atoms with van der Waals surface area (Å²) in [5, 5.41) is 12.6. The van der Waals surface area contributed by atoms with Crippen LogP contribution in [-0.4, -0.2) is 35.9 Å². The summed E-state index contributed by atoms with van der Waals surface area (Å²) < 4.78 is 30.1. The number of aromatic nitrogens is 6. The molecule has 0 aliphatic heterocycles. The number of nitrogens with zero attached hydrogens (tertiary/aromatic N) is 6. The van der Waals surface area contributed by atoms with Gasteiger partial charge >= 0.3 is 0 Å². The third kappa shape index (κ3) is 3.19. The SMILES string of the molecule is CC(F)(C(N)=O)c1nnc(-c2nn(Cc3ccccc3F)c3ncccc23)nc1N. The van der Waals surface area contributed by atoms with E-state index in [0.29, 0.717) is 16.6 Å². The first kappa shape index (κ1) is 19.3. The lowest BCUT2D eigenvalue weighted by Crippen LogP contribution is -2.36. The number of carbonyl (C=O) groups is 1. The number of nitrogens with two attached hydrogens (primary N) is 2. The van der Waals surface area contributed by atoms with Crippen LogP contribution in [0.3, 0.4) is 0 Å². The molecule has 3 heterocycles. The molecule has 0 saturated carbocycles. The van der Waals surface area contributed by atoms with Crippen LogP contribution in [0.25, 0.3) is 22.6 Å². The lowest BCUT2D eigenvalue weighted by atomic mass is 10.0. The Kier molecular flexibility index (Phi) is 4.57. The molecule has 0 spiro atoms. The zero-order chi connectivity index (χ0) is 21.5. The number of amides is 1. The van der Waals surface area contributed by atoms with Gasteiger partial charge in [-0.3, -0.25) is 4.79 Å². The van der Waals surface area contributed by atoms with Gasteiger partial charge < -0.3 is 11.5 Å². The molecular formula is C19H16F2N8O. The Balaban J connectivity index is 1.82. The van der Waals surface area contributed by atoms with Gasteiger partial charge in [0.2, 0.25) is 11.5 Å². The predicted molar refractivity (Wildman–Crippen MR) is 104 cm³/mol. The largest absolute Gasteiger partial charge is 0.382 e. The lowest BCUT2D eigenvalue weighted by molar-refractivity contribution is -0.129. The summed E-state index contributed by atoms with van der Waals surface area (Å²) in [6.45, 7) is 1.05. The molecule has 1 aromatic carbocycles. The van der Waals surface area contributed by atoms with E-state index in [-0.39, 0.29) is 29.7 Å². The van der Waals surface area contributed by atoms with E-state index in [1.807, 2.05) is 0 Å². The average Bonchev–Trinajstić information content (AvgIpc) is 3.08. The standard InChI is InChI=1S/C19H16F2N8O/c1-19(21,18(23)30)14-15(22)25-16(27-26-14)13-11-6-4-8-24-17(11)29(28-13)9-10-5-2-3-7-12(10)20/h2-8H,9H2,1H3,(H2,23,30)(H2,22,25,27). The number of rotatable bonds is 5. The van der Waals surface area contributed by atoms with Gasteiger partial charge in [-0.05, 0) is 25.1 Å². The molecule has 0 bridgehead atoms. The second kappa shape index (κ2) is 7.10. The van der Waals surface area contributed by atoms with Gasteiger partial charge in [-0.15, -0.1) is 10.2 Å². The summed E-state index contributed by atoms with van der Waals surface area (Å²) >= 11 is 0. The number of primary amides is 1. The Hall–Kier alpha value is -4.02. The van der Waals surface area contributed by atoms with Crippen molar-refractivity contribution in [2.75, 3.05) is 5.73 Å². The molecule has 1 atom stereocenters. The summed E-state index contributed by atoms with van der Waals surface area (Å²) in [4.78, 5) is 19.7. The zero-order valence-corrected chi connectivity index (χ0v) is 15.8. The normalized spacial score (nSPS) is 13.3. The van der Waals surface area contributed by atoms with Gasteiger partial charge in [0.25, 0.3) is 5.91 Å². The highest BCUT2D eigenvalue weighted by molar-refractivity contribution is 5.89. The van der Waals surface area contributed by atoms with Crippen molar-refractivity contribution in [3.05, 3.63) is 59.7 Å². The van der Waals surface area contributed by atoms with Crippen LogP contribution in [0.1, 0.15) is 18.2 Å².